The lowest BCUT2D eigenvalue weighted by molar-refractivity contribution is 0.0581. The van der Waals surface area contributed by atoms with E-state index in [1.54, 1.807) is 18.1 Å². The molecule has 3 heterocycles. The van der Waals surface area contributed by atoms with Crippen LogP contribution in [0.25, 0.3) is 0 Å². The van der Waals surface area contributed by atoms with Crippen LogP contribution in [0.4, 0.5) is 0 Å². The zero-order valence-corrected chi connectivity index (χ0v) is 16.6. The van der Waals surface area contributed by atoms with Crippen molar-refractivity contribution in [3.05, 3.63) is 35.5 Å². The molecule has 3 rings (SSSR count). The smallest absolute Gasteiger partial charge is 0.275 e. The molecular formula is C19H29N5O3. The molecule has 148 valence electrons. The summed E-state index contributed by atoms with van der Waals surface area (Å²) in [7, 11) is 5.35. The molecule has 1 aliphatic rings. The van der Waals surface area contributed by atoms with Crippen molar-refractivity contribution in [3.63, 3.8) is 0 Å². The van der Waals surface area contributed by atoms with E-state index in [0.717, 1.165) is 25.9 Å². The number of piperidine rings is 1. The number of aryl methyl sites for hydroxylation is 1. The predicted molar refractivity (Wildman–Crippen MR) is 100 cm³/mol. The van der Waals surface area contributed by atoms with Crippen LogP contribution < -0.4 is 0 Å². The molecule has 0 aromatic carbocycles. The zero-order chi connectivity index (χ0) is 19.4. The van der Waals surface area contributed by atoms with Gasteiger partial charge in [0.25, 0.3) is 5.91 Å². The second-order valence-corrected chi connectivity index (χ2v) is 7.22. The van der Waals surface area contributed by atoms with Gasteiger partial charge in [0.2, 0.25) is 0 Å². The van der Waals surface area contributed by atoms with Gasteiger partial charge in [-0.05, 0) is 31.8 Å². The van der Waals surface area contributed by atoms with E-state index in [9.17, 15) is 4.79 Å². The molecule has 0 radical (unpaired) electrons. The first-order valence-corrected chi connectivity index (χ1v) is 9.46. The van der Waals surface area contributed by atoms with Crippen molar-refractivity contribution in [1.82, 2.24) is 24.7 Å². The van der Waals surface area contributed by atoms with E-state index in [4.69, 9.17) is 9.26 Å². The molecule has 0 unspecified atom stereocenters. The van der Waals surface area contributed by atoms with Crippen molar-refractivity contribution < 1.29 is 14.1 Å². The molecule has 2 aromatic rings. The van der Waals surface area contributed by atoms with Crippen molar-refractivity contribution in [2.24, 2.45) is 13.0 Å². The Morgan fingerprint density at radius 2 is 2.30 bits per heavy atom. The Kier molecular flexibility index (Phi) is 6.28. The first-order chi connectivity index (χ1) is 13.0. The summed E-state index contributed by atoms with van der Waals surface area (Å²) in [5.41, 5.74) is 1.54. The Balaban J connectivity index is 1.73. The van der Waals surface area contributed by atoms with Crippen LogP contribution in [0.2, 0.25) is 0 Å². The van der Waals surface area contributed by atoms with Gasteiger partial charge >= 0.3 is 0 Å². The molecule has 8 heteroatoms. The molecule has 0 saturated carbocycles. The molecule has 0 aliphatic carbocycles. The van der Waals surface area contributed by atoms with Crippen LogP contribution in [0.3, 0.4) is 0 Å². The summed E-state index contributed by atoms with van der Waals surface area (Å²) in [6, 6.07) is 1.93. The first kappa shape index (κ1) is 19.6. The number of carbonyl (C=O) groups excluding carboxylic acids is 1. The van der Waals surface area contributed by atoms with Crippen LogP contribution in [0, 0.1) is 5.92 Å². The van der Waals surface area contributed by atoms with E-state index < -0.39 is 0 Å². The number of hydrogen-bond donors (Lipinski definition) is 0. The highest BCUT2D eigenvalue weighted by atomic mass is 16.5. The topological polar surface area (TPSA) is 76.6 Å². The summed E-state index contributed by atoms with van der Waals surface area (Å²) in [5, 5.41) is 8.24. The number of amides is 1. The Hall–Kier alpha value is -2.19. The number of methoxy groups -OCH3 is 1. The molecule has 1 saturated heterocycles. The standard InChI is InChI=1S/C19H29N5O3/c1-5-24-8-6-7-14(18(24)15-10-20-23(3)12-15)11-22(2)19(25)17-9-16(13-26-4)27-21-17/h9-10,12,14,18H,5-8,11,13H2,1-4H3/t14-,18+/m0/s1. The van der Waals surface area contributed by atoms with E-state index in [1.165, 1.54) is 5.56 Å². The van der Waals surface area contributed by atoms with Gasteiger partial charge in [-0.25, -0.2) is 0 Å². The number of likely N-dealkylation sites (tertiary alicyclic amines) is 1. The number of rotatable bonds is 7. The van der Waals surface area contributed by atoms with Gasteiger partial charge in [-0.2, -0.15) is 5.10 Å². The fraction of sp³-hybridized carbons (Fsp3) is 0.632. The van der Waals surface area contributed by atoms with Crippen LogP contribution in [0.15, 0.2) is 23.0 Å². The van der Waals surface area contributed by atoms with Gasteiger partial charge in [0.1, 0.15) is 6.61 Å². The number of ether oxygens (including phenoxy) is 1. The van der Waals surface area contributed by atoms with E-state index in [1.807, 2.05) is 25.0 Å². The SMILES string of the molecule is CCN1CCC[C@@H](CN(C)C(=O)c2cc(COC)on2)[C@@H]1c1cnn(C)c1. The van der Waals surface area contributed by atoms with E-state index in [0.29, 0.717) is 30.5 Å². The van der Waals surface area contributed by atoms with Crippen LogP contribution in [-0.4, -0.2) is 64.4 Å². The van der Waals surface area contributed by atoms with Gasteiger partial charge < -0.3 is 14.2 Å². The lowest BCUT2D eigenvalue weighted by Crippen LogP contribution is -2.44. The summed E-state index contributed by atoms with van der Waals surface area (Å²) < 4.78 is 12.0. The van der Waals surface area contributed by atoms with Crippen molar-refractivity contribution >= 4 is 5.91 Å². The maximum Gasteiger partial charge on any atom is 0.275 e. The highest BCUT2D eigenvalue weighted by Crippen LogP contribution is 2.36. The normalized spacial score (nSPS) is 20.7. The number of hydrogen-bond acceptors (Lipinski definition) is 6. The zero-order valence-electron chi connectivity index (χ0n) is 16.6. The molecule has 27 heavy (non-hydrogen) atoms. The second-order valence-electron chi connectivity index (χ2n) is 7.22. The fourth-order valence-electron chi connectivity index (χ4n) is 4.03. The summed E-state index contributed by atoms with van der Waals surface area (Å²) >= 11 is 0. The fourth-order valence-corrected chi connectivity index (χ4v) is 4.03. The highest BCUT2D eigenvalue weighted by molar-refractivity contribution is 5.92. The molecule has 8 nitrogen and oxygen atoms in total. The molecular weight excluding hydrogens is 346 g/mol. The summed E-state index contributed by atoms with van der Waals surface area (Å²) in [4.78, 5) is 17.0. The average Bonchev–Trinajstić information content (AvgIpc) is 3.30. The highest BCUT2D eigenvalue weighted by Gasteiger charge is 2.34. The number of carbonyl (C=O) groups is 1. The van der Waals surface area contributed by atoms with Crippen LogP contribution in [0.5, 0.6) is 0 Å². The Labute approximate surface area is 160 Å². The van der Waals surface area contributed by atoms with Crippen molar-refractivity contribution in [2.45, 2.75) is 32.4 Å². The first-order valence-electron chi connectivity index (χ1n) is 9.46. The number of aromatic nitrogens is 3. The van der Waals surface area contributed by atoms with Crippen LogP contribution in [-0.2, 0) is 18.4 Å². The molecule has 1 fully saturated rings. The van der Waals surface area contributed by atoms with Crippen LogP contribution in [0.1, 0.15) is 47.6 Å². The van der Waals surface area contributed by atoms with Crippen molar-refractivity contribution in [1.29, 1.82) is 0 Å². The third kappa shape index (κ3) is 4.39. The largest absolute Gasteiger partial charge is 0.377 e. The Morgan fingerprint density at radius 1 is 1.48 bits per heavy atom. The van der Waals surface area contributed by atoms with Gasteiger partial charge in [0, 0.05) is 51.6 Å². The van der Waals surface area contributed by atoms with Gasteiger partial charge in [-0.15, -0.1) is 0 Å². The minimum atomic E-state index is -0.125. The molecule has 0 N–H and O–H groups in total. The Bertz CT molecular complexity index is 756. The molecule has 0 spiro atoms. The van der Waals surface area contributed by atoms with Crippen molar-refractivity contribution in [3.8, 4) is 0 Å². The molecule has 1 aliphatic heterocycles. The van der Waals surface area contributed by atoms with E-state index >= 15 is 0 Å². The van der Waals surface area contributed by atoms with E-state index in [2.05, 4.69) is 28.3 Å². The lowest BCUT2D eigenvalue weighted by Gasteiger charge is -2.41. The summed E-state index contributed by atoms with van der Waals surface area (Å²) in [6.45, 7) is 5.22. The molecule has 1 amide bonds. The minimum absolute atomic E-state index is 0.125. The maximum atomic E-state index is 12.8. The molecule has 2 aromatic heterocycles. The third-order valence-corrected chi connectivity index (χ3v) is 5.25. The van der Waals surface area contributed by atoms with Crippen LogP contribution >= 0.6 is 0 Å². The second kappa shape index (κ2) is 8.67. The molecule has 2 atom stereocenters. The third-order valence-electron chi connectivity index (χ3n) is 5.25. The summed E-state index contributed by atoms with van der Waals surface area (Å²) in [6.07, 6.45) is 6.25. The van der Waals surface area contributed by atoms with E-state index in [-0.39, 0.29) is 11.9 Å². The monoisotopic (exact) mass is 375 g/mol. The van der Waals surface area contributed by atoms with Crippen molar-refractivity contribution in [2.75, 3.05) is 33.8 Å². The average molecular weight is 375 g/mol. The minimum Gasteiger partial charge on any atom is -0.377 e. The van der Waals surface area contributed by atoms with Gasteiger partial charge in [0.05, 0.1) is 6.20 Å². The quantitative estimate of drug-likeness (QED) is 0.738. The number of nitrogens with zero attached hydrogens (tertiary/aromatic N) is 5. The summed E-state index contributed by atoms with van der Waals surface area (Å²) in [5.74, 6) is 0.777. The Morgan fingerprint density at radius 3 is 2.96 bits per heavy atom. The van der Waals surface area contributed by atoms with Gasteiger partial charge in [-0.3, -0.25) is 14.4 Å². The van der Waals surface area contributed by atoms with Gasteiger partial charge in [0.15, 0.2) is 11.5 Å². The lowest BCUT2D eigenvalue weighted by atomic mass is 9.85. The van der Waals surface area contributed by atoms with Gasteiger partial charge in [-0.1, -0.05) is 12.1 Å². The molecule has 0 bridgehead atoms. The predicted octanol–water partition coefficient (Wildman–Crippen LogP) is 2.10. The maximum absolute atomic E-state index is 12.8.